The number of carboxylic acids is 1. The van der Waals surface area contributed by atoms with Crippen molar-refractivity contribution in [3.8, 4) is 5.75 Å². The van der Waals surface area contributed by atoms with Crippen molar-refractivity contribution in [1.82, 2.24) is 4.90 Å². The lowest BCUT2D eigenvalue weighted by Crippen LogP contribution is -2.44. The third-order valence-electron chi connectivity index (χ3n) is 4.29. The molecule has 0 saturated heterocycles. The molecule has 0 saturated carbocycles. The highest BCUT2D eigenvalue weighted by Gasteiger charge is 2.29. The van der Waals surface area contributed by atoms with E-state index in [4.69, 9.17) is 4.74 Å². The van der Waals surface area contributed by atoms with Gasteiger partial charge in [-0.1, -0.05) is 42.5 Å². The smallest absolute Gasteiger partial charge is 0.326 e. The molecule has 0 heterocycles. The molecular weight excluding hydrogens is 318 g/mol. The van der Waals surface area contributed by atoms with Gasteiger partial charge in [0.05, 0.1) is 13.0 Å². The molecule has 0 fully saturated rings. The molecule has 2 rings (SSSR count). The number of carbonyl (C=O) groups is 2. The lowest BCUT2D eigenvalue weighted by molar-refractivity contribution is -0.150. The van der Waals surface area contributed by atoms with Crippen LogP contribution in [-0.2, 0) is 16.1 Å². The van der Waals surface area contributed by atoms with Gasteiger partial charge in [-0.2, -0.15) is 0 Å². The van der Waals surface area contributed by atoms with Crippen LogP contribution >= 0.6 is 0 Å². The van der Waals surface area contributed by atoms with E-state index in [2.05, 4.69) is 0 Å². The third kappa shape index (κ3) is 4.59. The van der Waals surface area contributed by atoms with Crippen LogP contribution < -0.4 is 4.74 Å². The molecule has 2 unspecified atom stereocenters. The largest absolute Gasteiger partial charge is 0.497 e. The Bertz CT molecular complexity index is 712. The van der Waals surface area contributed by atoms with Gasteiger partial charge in [0.15, 0.2) is 0 Å². The first kappa shape index (κ1) is 18.5. The van der Waals surface area contributed by atoms with Crippen molar-refractivity contribution in [3.05, 3.63) is 65.7 Å². The highest BCUT2D eigenvalue weighted by Crippen LogP contribution is 2.23. The Kier molecular flexibility index (Phi) is 6.17. The summed E-state index contributed by atoms with van der Waals surface area (Å²) in [5.41, 5.74) is 1.72. The molecule has 0 aliphatic carbocycles. The summed E-state index contributed by atoms with van der Waals surface area (Å²) in [6, 6.07) is 15.7. The van der Waals surface area contributed by atoms with Gasteiger partial charge < -0.3 is 14.7 Å². The van der Waals surface area contributed by atoms with E-state index in [0.717, 1.165) is 11.1 Å². The Balaban J connectivity index is 2.25. The van der Waals surface area contributed by atoms with Gasteiger partial charge in [-0.15, -0.1) is 0 Å². The van der Waals surface area contributed by atoms with Gasteiger partial charge in [0.25, 0.3) is 0 Å². The second-order valence-corrected chi connectivity index (χ2v) is 5.96. The molecule has 0 spiro atoms. The van der Waals surface area contributed by atoms with Crippen LogP contribution in [0.4, 0.5) is 0 Å². The van der Waals surface area contributed by atoms with Gasteiger partial charge >= 0.3 is 5.97 Å². The minimum atomic E-state index is -1.02. The zero-order valence-electron chi connectivity index (χ0n) is 14.7. The summed E-state index contributed by atoms with van der Waals surface area (Å²) in [5.74, 6) is -0.977. The van der Waals surface area contributed by atoms with Crippen molar-refractivity contribution in [1.29, 1.82) is 0 Å². The molecule has 1 N–H and O–H groups in total. The zero-order chi connectivity index (χ0) is 18.4. The number of aliphatic carboxylic acids is 1. The maximum atomic E-state index is 13.0. The highest BCUT2D eigenvalue weighted by molar-refractivity contribution is 5.87. The van der Waals surface area contributed by atoms with Crippen LogP contribution in [-0.4, -0.2) is 35.0 Å². The number of methoxy groups -OCH3 is 1. The van der Waals surface area contributed by atoms with Crippen molar-refractivity contribution in [2.45, 2.75) is 32.4 Å². The van der Waals surface area contributed by atoms with Crippen LogP contribution in [0.15, 0.2) is 54.6 Å². The van der Waals surface area contributed by atoms with Gasteiger partial charge in [0, 0.05) is 6.54 Å². The summed E-state index contributed by atoms with van der Waals surface area (Å²) in [4.78, 5) is 25.9. The molecule has 0 aliphatic heterocycles. The van der Waals surface area contributed by atoms with Gasteiger partial charge in [-0.05, 0) is 37.1 Å². The van der Waals surface area contributed by atoms with Crippen molar-refractivity contribution in [3.63, 3.8) is 0 Å². The number of carboxylic acid groups (broad SMARTS) is 1. The van der Waals surface area contributed by atoms with Crippen LogP contribution in [0.2, 0.25) is 0 Å². The SMILES string of the molecule is COc1ccc(C(C)C(=O)N(Cc2ccccc2)C(C)C(=O)O)cc1. The van der Waals surface area contributed by atoms with Crippen LogP contribution in [0.5, 0.6) is 5.75 Å². The van der Waals surface area contributed by atoms with E-state index >= 15 is 0 Å². The van der Waals surface area contributed by atoms with Crippen molar-refractivity contribution >= 4 is 11.9 Å². The quantitative estimate of drug-likeness (QED) is 0.839. The van der Waals surface area contributed by atoms with Crippen LogP contribution in [0.25, 0.3) is 0 Å². The summed E-state index contributed by atoms with van der Waals surface area (Å²) in [5, 5.41) is 9.39. The lowest BCUT2D eigenvalue weighted by atomic mass is 9.98. The summed E-state index contributed by atoms with van der Waals surface area (Å²) in [6.07, 6.45) is 0. The number of nitrogens with zero attached hydrogens (tertiary/aromatic N) is 1. The second-order valence-electron chi connectivity index (χ2n) is 5.96. The summed E-state index contributed by atoms with van der Waals surface area (Å²) in [7, 11) is 1.58. The molecule has 0 bridgehead atoms. The Labute approximate surface area is 147 Å². The minimum absolute atomic E-state index is 0.219. The Morgan fingerprint density at radius 2 is 1.64 bits per heavy atom. The summed E-state index contributed by atoms with van der Waals surface area (Å²) in [6.45, 7) is 3.58. The number of ether oxygens (including phenoxy) is 1. The third-order valence-corrected chi connectivity index (χ3v) is 4.29. The van der Waals surface area contributed by atoms with Crippen molar-refractivity contribution < 1.29 is 19.4 Å². The monoisotopic (exact) mass is 341 g/mol. The molecule has 0 aliphatic rings. The molecule has 2 aromatic carbocycles. The predicted octanol–water partition coefficient (Wildman–Crippen LogP) is 3.30. The van der Waals surface area contributed by atoms with Crippen molar-refractivity contribution in [2.24, 2.45) is 0 Å². The molecular formula is C20H23NO4. The van der Waals surface area contributed by atoms with E-state index < -0.39 is 17.9 Å². The van der Waals surface area contributed by atoms with Gasteiger partial charge in [0.1, 0.15) is 11.8 Å². The number of carbonyl (C=O) groups excluding carboxylic acids is 1. The Hall–Kier alpha value is -2.82. The molecule has 132 valence electrons. The van der Waals surface area contributed by atoms with E-state index in [-0.39, 0.29) is 12.5 Å². The number of rotatable bonds is 7. The van der Waals surface area contributed by atoms with Crippen LogP contribution in [0.1, 0.15) is 30.9 Å². The average Bonchev–Trinajstić information content (AvgIpc) is 2.65. The highest BCUT2D eigenvalue weighted by atomic mass is 16.5. The first-order valence-electron chi connectivity index (χ1n) is 8.15. The lowest BCUT2D eigenvalue weighted by Gasteiger charge is -2.29. The fourth-order valence-electron chi connectivity index (χ4n) is 2.60. The van der Waals surface area contributed by atoms with Gasteiger partial charge in [-0.25, -0.2) is 4.79 Å². The van der Waals surface area contributed by atoms with Gasteiger partial charge in [-0.3, -0.25) is 4.79 Å². The molecule has 0 aromatic heterocycles. The molecule has 1 amide bonds. The number of amides is 1. The maximum absolute atomic E-state index is 13.0. The number of hydrogen-bond acceptors (Lipinski definition) is 3. The van der Waals surface area contributed by atoms with Crippen molar-refractivity contribution in [2.75, 3.05) is 7.11 Å². The first-order valence-corrected chi connectivity index (χ1v) is 8.15. The molecule has 2 aromatic rings. The molecule has 25 heavy (non-hydrogen) atoms. The topological polar surface area (TPSA) is 66.8 Å². The van der Waals surface area contributed by atoms with E-state index in [1.54, 1.807) is 26.2 Å². The van der Waals surface area contributed by atoms with E-state index in [1.165, 1.54) is 11.8 Å². The molecule has 5 nitrogen and oxygen atoms in total. The van der Waals surface area contributed by atoms with Crippen LogP contribution in [0, 0.1) is 0 Å². The molecule has 0 radical (unpaired) electrons. The molecule has 2 atom stereocenters. The standard InChI is InChI=1S/C20H23NO4/c1-14(17-9-11-18(25-3)12-10-17)19(22)21(15(2)20(23)24)13-16-7-5-4-6-8-16/h4-12,14-15H,13H2,1-3H3,(H,23,24). The second kappa shape index (κ2) is 8.33. The van der Waals surface area contributed by atoms with E-state index in [0.29, 0.717) is 5.75 Å². The van der Waals surface area contributed by atoms with E-state index in [1.807, 2.05) is 42.5 Å². The Morgan fingerprint density at radius 3 is 2.16 bits per heavy atom. The fraction of sp³-hybridized carbons (Fsp3) is 0.300. The first-order chi connectivity index (χ1) is 11.9. The minimum Gasteiger partial charge on any atom is -0.497 e. The maximum Gasteiger partial charge on any atom is 0.326 e. The Morgan fingerprint density at radius 1 is 1.04 bits per heavy atom. The summed E-state index contributed by atoms with van der Waals surface area (Å²) < 4.78 is 5.13. The normalized spacial score (nSPS) is 12.9. The van der Waals surface area contributed by atoms with Crippen LogP contribution in [0.3, 0.4) is 0 Å². The predicted molar refractivity (Wildman–Crippen MR) is 95.5 cm³/mol. The average molecular weight is 341 g/mol. The number of hydrogen-bond donors (Lipinski definition) is 1. The molecule has 5 heteroatoms. The van der Waals surface area contributed by atoms with E-state index in [9.17, 15) is 14.7 Å². The zero-order valence-corrected chi connectivity index (χ0v) is 14.7. The van der Waals surface area contributed by atoms with Gasteiger partial charge in [0.2, 0.25) is 5.91 Å². The summed E-state index contributed by atoms with van der Waals surface area (Å²) >= 11 is 0. The fourth-order valence-corrected chi connectivity index (χ4v) is 2.60. The number of benzene rings is 2.